The Morgan fingerprint density at radius 2 is 2.19 bits per heavy atom. The zero-order valence-electron chi connectivity index (χ0n) is 15.8. The molecule has 0 aliphatic carbocycles. The molecule has 140 valence electrons. The van der Waals surface area contributed by atoms with Crippen molar-refractivity contribution in [2.75, 3.05) is 25.4 Å². The minimum absolute atomic E-state index is 0.0510. The molecule has 4 atom stereocenters. The molecular formula is C18H25BNO4PS. The smallest absolute Gasteiger partial charge is 0.259 e. The number of carbonyl (C=O) groups is 1. The summed E-state index contributed by atoms with van der Waals surface area (Å²) in [5.74, 6) is 0.576. The van der Waals surface area contributed by atoms with E-state index in [1.54, 1.807) is 0 Å². The highest BCUT2D eigenvalue weighted by Crippen LogP contribution is 2.48. The van der Waals surface area contributed by atoms with E-state index in [1.165, 1.54) is 11.8 Å². The average Bonchev–Trinajstić information content (AvgIpc) is 3.34. The van der Waals surface area contributed by atoms with Crippen LogP contribution in [0.15, 0.2) is 30.3 Å². The van der Waals surface area contributed by atoms with Crippen molar-refractivity contribution in [2.45, 2.75) is 44.4 Å². The highest BCUT2D eigenvalue weighted by atomic mass is 32.2. The molecule has 2 aliphatic rings. The monoisotopic (exact) mass is 394 g/mol. The lowest BCUT2D eigenvalue weighted by molar-refractivity contribution is 0.0495. The SMILES string of the molecule is [2H]C[C@H]1O[C@@H]([B])C[C@H]1OP(OCCSC(=O)c1ccccc1)N1CCCC1. The summed E-state index contributed by atoms with van der Waals surface area (Å²) in [6.45, 7) is 2.47. The largest absolute Gasteiger partial charge is 0.382 e. The highest BCUT2D eigenvalue weighted by molar-refractivity contribution is 8.14. The zero-order valence-corrected chi connectivity index (χ0v) is 16.5. The number of thioether (sulfide) groups is 1. The van der Waals surface area contributed by atoms with Crippen LogP contribution in [0.25, 0.3) is 0 Å². The Morgan fingerprint density at radius 1 is 1.42 bits per heavy atom. The Labute approximate surface area is 163 Å². The lowest BCUT2D eigenvalue weighted by Crippen LogP contribution is -2.25. The van der Waals surface area contributed by atoms with Crippen LogP contribution in [0.1, 0.15) is 37.9 Å². The maximum absolute atomic E-state index is 12.2. The van der Waals surface area contributed by atoms with E-state index in [-0.39, 0.29) is 30.2 Å². The number of carbonyl (C=O) groups excluding carboxylic acids is 1. The molecule has 1 aromatic carbocycles. The van der Waals surface area contributed by atoms with Gasteiger partial charge in [-0.3, -0.25) is 4.79 Å². The lowest BCUT2D eigenvalue weighted by atomic mass is 9.96. The van der Waals surface area contributed by atoms with Gasteiger partial charge in [-0.15, -0.1) is 0 Å². The van der Waals surface area contributed by atoms with Crippen molar-refractivity contribution >= 4 is 33.2 Å². The Hall–Kier alpha value is -0.425. The van der Waals surface area contributed by atoms with Gasteiger partial charge >= 0.3 is 0 Å². The summed E-state index contributed by atoms with van der Waals surface area (Å²) in [5.41, 5.74) is 0.705. The molecule has 5 nitrogen and oxygen atoms in total. The van der Waals surface area contributed by atoms with E-state index in [0.717, 1.165) is 25.9 Å². The van der Waals surface area contributed by atoms with E-state index in [0.29, 0.717) is 24.3 Å². The van der Waals surface area contributed by atoms with Crippen LogP contribution in [0.2, 0.25) is 0 Å². The summed E-state index contributed by atoms with van der Waals surface area (Å²) < 4.78 is 27.6. The third kappa shape index (κ3) is 5.78. The number of hydrogen-bond donors (Lipinski definition) is 0. The van der Waals surface area contributed by atoms with Crippen LogP contribution in [0, 0.1) is 0 Å². The van der Waals surface area contributed by atoms with Crippen molar-refractivity contribution < 1.29 is 19.9 Å². The van der Waals surface area contributed by atoms with Crippen LogP contribution >= 0.6 is 20.3 Å². The molecule has 8 heteroatoms. The molecular weight excluding hydrogens is 368 g/mol. The predicted octanol–water partition coefficient (Wildman–Crippen LogP) is 3.59. The summed E-state index contributed by atoms with van der Waals surface area (Å²) in [5, 5.41) is 0.0510. The molecule has 0 saturated carbocycles. The normalized spacial score (nSPS) is 28.2. The van der Waals surface area contributed by atoms with Gasteiger partial charge in [0.25, 0.3) is 8.53 Å². The van der Waals surface area contributed by atoms with Gasteiger partial charge in [-0.05, 0) is 26.2 Å². The summed E-state index contributed by atoms with van der Waals surface area (Å²) in [6, 6.07) is 8.89. The number of benzene rings is 1. The minimum atomic E-state index is -1.22. The summed E-state index contributed by atoms with van der Waals surface area (Å²) >= 11 is 1.26. The van der Waals surface area contributed by atoms with Crippen LogP contribution in [0.4, 0.5) is 0 Å². The molecule has 0 spiro atoms. The number of ether oxygens (including phenoxy) is 1. The van der Waals surface area contributed by atoms with Crippen LogP contribution in [-0.2, 0) is 13.8 Å². The molecule has 26 heavy (non-hydrogen) atoms. The molecule has 0 amide bonds. The Bertz CT molecular complexity index is 596. The fourth-order valence-corrected chi connectivity index (χ4v) is 5.37. The Kier molecular flexibility index (Phi) is 7.43. The number of rotatable bonds is 8. The first-order valence-corrected chi connectivity index (χ1v) is 11.1. The standard InChI is InChI=1S/C18H25BNO4PS/c1-14-16(13-17(19)23-14)24-25(20-9-5-6-10-20)22-11-12-26-18(21)15-7-3-2-4-8-15/h2-4,7-8,14,16-17H,5-6,9-13H2,1H3/t14-,16-,17-,25?/m1/s1/i1D. The molecule has 0 bridgehead atoms. The molecule has 2 fully saturated rings. The third-order valence-corrected chi connectivity index (χ3v) is 6.88. The van der Waals surface area contributed by atoms with Crippen molar-refractivity contribution in [3.63, 3.8) is 0 Å². The van der Waals surface area contributed by atoms with Gasteiger partial charge in [-0.2, -0.15) is 0 Å². The number of nitrogens with zero attached hydrogens (tertiary/aromatic N) is 1. The minimum Gasteiger partial charge on any atom is -0.382 e. The van der Waals surface area contributed by atoms with Gasteiger partial charge in [0.2, 0.25) is 5.12 Å². The topological polar surface area (TPSA) is 48.0 Å². The molecule has 2 aliphatic heterocycles. The van der Waals surface area contributed by atoms with E-state index >= 15 is 0 Å². The fourth-order valence-electron chi connectivity index (χ4n) is 2.92. The Balaban J connectivity index is 1.48. The Morgan fingerprint density at radius 3 is 2.92 bits per heavy atom. The average molecular weight is 394 g/mol. The van der Waals surface area contributed by atoms with Crippen LogP contribution < -0.4 is 0 Å². The first kappa shape index (κ1) is 18.9. The fraction of sp³-hybridized carbons (Fsp3) is 0.611. The zero-order chi connectivity index (χ0) is 19.1. The molecule has 0 N–H and O–H groups in total. The lowest BCUT2D eigenvalue weighted by Gasteiger charge is -2.29. The molecule has 3 rings (SSSR count). The van der Waals surface area contributed by atoms with E-state index in [9.17, 15) is 4.79 Å². The quantitative estimate of drug-likeness (QED) is 0.382. The van der Waals surface area contributed by atoms with E-state index < -0.39 is 8.53 Å². The van der Waals surface area contributed by atoms with E-state index in [1.807, 2.05) is 30.3 Å². The van der Waals surface area contributed by atoms with Gasteiger partial charge in [-0.25, -0.2) is 4.67 Å². The molecule has 2 radical (unpaired) electrons. The maximum atomic E-state index is 12.2. The first-order valence-electron chi connectivity index (χ1n) is 9.65. The van der Waals surface area contributed by atoms with Gasteiger partial charge in [0.15, 0.2) is 0 Å². The van der Waals surface area contributed by atoms with Gasteiger partial charge in [-0.1, -0.05) is 42.1 Å². The second-order valence-electron chi connectivity index (χ2n) is 6.33. The van der Waals surface area contributed by atoms with Crippen molar-refractivity contribution in [1.82, 2.24) is 4.67 Å². The predicted molar refractivity (Wildman–Crippen MR) is 106 cm³/mol. The van der Waals surface area contributed by atoms with Crippen molar-refractivity contribution in [3.8, 4) is 0 Å². The highest BCUT2D eigenvalue weighted by Gasteiger charge is 2.35. The van der Waals surface area contributed by atoms with Crippen molar-refractivity contribution in [3.05, 3.63) is 35.9 Å². The van der Waals surface area contributed by atoms with Crippen LogP contribution in [-0.4, -0.2) is 61.3 Å². The van der Waals surface area contributed by atoms with E-state index in [2.05, 4.69) is 4.67 Å². The van der Waals surface area contributed by atoms with Gasteiger partial charge in [0, 0.05) is 31.8 Å². The first-order chi connectivity index (χ1) is 13.2. The second kappa shape index (κ2) is 10.2. The summed E-state index contributed by atoms with van der Waals surface area (Å²) in [4.78, 5) is 12.2. The number of hydrogen-bond acceptors (Lipinski definition) is 6. The van der Waals surface area contributed by atoms with Crippen LogP contribution in [0.3, 0.4) is 0 Å². The summed E-state index contributed by atoms with van der Waals surface area (Å²) in [7, 11) is 4.64. The van der Waals surface area contributed by atoms with Gasteiger partial charge in [0.05, 0.1) is 18.8 Å². The molecule has 2 saturated heterocycles. The van der Waals surface area contributed by atoms with Crippen molar-refractivity contribution in [1.29, 1.82) is 0 Å². The molecule has 0 aromatic heterocycles. The molecule has 1 unspecified atom stereocenters. The van der Waals surface area contributed by atoms with Gasteiger partial charge in [0.1, 0.15) is 7.85 Å². The summed E-state index contributed by atoms with van der Waals surface area (Å²) in [6.07, 6.45) is 2.35. The van der Waals surface area contributed by atoms with Crippen molar-refractivity contribution in [2.24, 2.45) is 0 Å². The van der Waals surface area contributed by atoms with Gasteiger partial charge < -0.3 is 13.8 Å². The third-order valence-electron chi connectivity index (χ3n) is 4.30. The molecule has 1 aromatic rings. The van der Waals surface area contributed by atoms with E-state index in [4.69, 9.17) is 23.0 Å². The molecule has 2 heterocycles. The van der Waals surface area contributed by atoms with Crippen LogP contribution in [0.5, 0.6) is 0 Å². The second-order valence-corrected chi connectivity index (χ2v) is 8.90. The maximum Gasteiger partial charge on any atom is 0.259 e.